The molecule has 1 aliphatic heterocycles. The fourth-order valence-electron chi connectivity index (χ4n) is 2.40. The van der Waals surface area contributed by atoms with E-state index < -0.39 is 5.97 Å². The summed E-state index contributed by atoms with van der Waals surface area (Å²) < 4.78 is 1.63. The van der Waals surface area contributed by atoms with Crippen LogP contribution in [0, 0.1) is 5.92 Å². The van der Waals surface area contributed by atoms with Crippen molar-refractivity contribution in [1.29, 1.82) is 0 Å². The van der Waals surface area contributed by atoms with Crippen molar-refractivity contribution < 1.29 is 9.90 Å². The summed E-state index contributed by atoms with van der Waals surface area (Å²) >= 11 is 0. The van der Waals surface area contributed by atoms with Crippen LogP contribution in [-0.4, -0.2) is 44.1 Å². The Balaban J connectivity index is 1.76. The number of nitrogens with zero attached hydrogens (tertiary/aromatic N) is 5. The maximum atomic E-state index is 11.1. The van der Waals surface area contributed by atoms with Gasteiger partial charge in [0.2, 0.25) is 0 Å². The molecule has 0 unspecified atom stereocenters. The van der Waals surface area contributed by atoms with Gasteiger partial charge < -0.3 is 10.0 Å². The highest BCUT2D eigenvalue weighted by molar-refractivity contribution is 5.71. The summed E-state index contributed by atoms with van der Waals surface area (Å²) in [6, 6.07) is 5.51. The smallest absolute Gasteiger partial charge is 0.308 e. The van der Waals surface area contributed by atoms with Crippen LogP contribution in [-0.2, 0) is 4.79 Å². The Hall–Kier alpha value is -2.44. The highest BCUT2D eigenvalue weighted by atomic mass is 16.4. The molecule has 0 bridgehead atoms. The van der Waals surface area contributed by atoms with Gasteiger partial charge >= 0.3 is 5.97 Å². The Labute approximate surface area is 115 Å². The number of anilines is 1. The normalized spacial score (nSPS) is 19.0. The Bertz CT molecular complexity index is 581. The van der Waals surface area contributed by atoms with Crippen molar-refractivity contribution in [3.8, 4) is 5.82 Å². The van der Waals surface area contributed by atoms with Gasteiger partial charge in [0.05, 0.1) is 5.92 Å². The number of rotatable bonds is 3. The zero-order valence-corrected chi connectivity index (χ0v) is 10.9. The van der Waals surface area contributed by atoms with Crippen LogP contribution < -0.4 is 4.90 Å². The zero-order chi connectivity index (χ0) is 13.9. The summed E-state index contributed by atoms with van der Waals surface area (Å²) in [6.07, 6.45) is 5.06. The van der Waals surface area contributed by atoms with Gasteiger partial charge in [-0.1, -0.05) is 0 Å². The summed E-state index contributed by atoms with van der Waals surface area (Å²) in [5.74, 6) is 0.296. The third-order valence-corrected chi connectivity index (χ3v) is 3.47. The molecule has 0 radical (unpaired) electrons. The minimum atomic E-state index is -0.740. The van der Waals surface area contributed by atoms with E-state index in [9.17, 15) is 4.79 Å². The number of aliphatic carboxylic acids is 1. The van der Waals surface area contributed by atoms with E-state index in [1.807, 2.05) is 23.1 Å². The molecular weight excluding hydrogens is 258 g/mol. The summed E-state index contributed by atoms with van der Waals surface area (Å²) in [5.41, 5.74) is 0. The average Bonchev–Trinajstić information content (AvgIpc) is 3.02. The van der Waals surface area contributed by atoms with E-state index in [4.69, 9.17) is 5.11 Å². The highest BCUT2D eigenvalue weighted by Gasteiger charge is 2.26. The lowest BCUT2D eigenvalue weighted by molar-refractivity contribution is -0.141. The van der Waals surface area contributed by atoms with Gasteiger partial charge in [0, 0.05) is 25.5 Å². The van der Waals surface area contributed by atoms with E-state index in [0.717, 1.165) is 19.4 Å². The molecule has 1 fully saturated rings. The molecule has 1 saturated heterocycles. The van der Waals surface area contributed by atoms with Crippen molar-refractivity contribution >= 4 is 11.8 Å². The second-order valence-corrected chi connectivity index (χ2v) is 4.82. The molecule has 20 heavy (non-hydrogen) atoms. The maximum Gasteiger partial charge on any atom is 0.308 e. The fraction of sp³-hybridized carbons (Fsp3) is 0.385. The van der Waals surface area contributed by atoms with Crippen molar-refractivity contribution in [2.75, 3.05) is 18.0 Å². The SMILES string of the molecule is O=C(O)[C@@H]1CCCN(c2ccc(-n3cccn3)nn2)C1. The van der Waals surface area contributed by atoms with Gasteiger partial charge in [0.25, 0.3) is 0 Å². The molecule has 1 atom stereocenters. The molecule has 7 nitrogen and oxygen atoms in total. The topological polar surface area (TPSA) is 84.1 Å². The van der Waals surface area contributed by atoms with Crippen LogP contribution in [0.5, 0.6) is 0 Å². The molecule has 3 heterocycles. The number of piperidine rings is 1. The monoisotopic (exact) mass is 273 g/mol. The Morgan fingerprint density at radius 2 is 2.10 bits per heavy atom. The first-order valence-corrected chi connectivity index (χ1v) is 6.55. The van der Waals surface area contributed by atoms with Gasteiger partial charge in [0.1, 0.15) is 0 Å². The van der Waals surface area contributed by atoms with Gasteiger partial charge in [-0.2, -0.15) is 5.10 Å². The number of hydrogen-bond acceptors (Lipinski definition) is 5. The van der Waals surface area contributed by atoms with E-state index >= 15 is 0 Å². The first-order valence-electron chi connectivity index (χ1n) is 6.55. The molecule has 0 spiro atoms. The lowest BCUT2D eigenvalue weighted by Gasteiger charge is -2.31. The van der Waals surface area contributed by atoms with E-state index in [1.165, 1.54) is 0 Å². The first-order chi connectivity index (χ1) is 9.74. The van der Waals surface area contributed by atoms with Gasteiger partial charge in [-0.15, -0.1) is 10.2 Å². The van der Waals surface area contributed by atoms with E-state index in [-0.39, 0.29) is 5.92 Å². The van der Waals surface area contributed by atoms with Crippen molar-refractivity contribution in [1.82, 2.24) is 20.0 Å². The van der Waals surface area contributed by atoms with Crippen molar-refractivity contribution in [2.45, 2.75) is 12.8 Å². The molecule has 0 aliphatic carbocycles. The van der Waals surface area contributed by atoms with Crippen LogP contribution in [0.1, 0.15) is 12.8 Å². The quantitative estimate of drug-likeness (QED) is 0.896. The lowest BCUT2D eigenvalue weighted by atomic mass is 9.98. The maximum absolute atomic E-state index is 11.1. The molecule has 104 valence electrons. The standard InChI is InChI=1S/C13H15N5O2/c19-13(20)10-3-1-7-17(9-10)11-4-5-12(16-15-11)18-8-2-6-14-18/h2,4-6,8,10H,1,3,7,9H2,(H,19,20)/t10-/m1/s1. The molecule has 1 N–H and O–H groups in total. The predicted molar refractivity (Wildman–Crippen MR) is 71.7 cm³/mol. The number of carboxylic acid groups (broad SMARTS) is 1. The largest absolute Gasteiger partial charge is 0.481 e. The van der Waals surface area contributed by atoms with Gasteiger partial charge in [-0.3, -0.25) is 4.79 Å². The van der Waals surface area contributed by atoms with Crippen LogP contribution in [0.4, 0.5) is 5.82 Å². The lowest BCUT2D eigenvalue weighted by Crippen LogP contribution is -2.39. The summed E-state index contributed by atoms with van der Waals surface area (Å²) in [7, 11) is 0. The second kappa shape index (κ2) is 5.28. The molecule has 0 aromatic carbocycles. The minimum Gasteiger partial charge on any atom is -0.481 e. The Morgan fingerprint density at radius 3 is 2.75 bits per heavy atom. The molecule has 2 aromatic heterocycles. The molecule has 1 aliphatic rings. The summed E-state index contributed by atoms with van der Waals surface area (Å²) in [6.45, 7) is 1.31. The summed E-state index contributed by atoms with van der Waals surface area (Å²) in [5, 5.41) is 21.5. The number of carbonyl (C=O) groups is 1. The number of aromatic nitrogens is 4. The second-order valence-electron chi connectivity index (χ2n) is 4.82. The Kier molecular flexibility index (Phi) is 3.32. The molecular formula is C13H15N5O2. The van der Waals surface area contributed by atoms with Crippen LogP contribution >= 0.6 is 0 Å². The van der Waals surface area contributed by atoms with E-state index in [2.05, 4.69) is 15.3 Å². The highest BCUT2D eigenvalue weighted by Crippen LogP contribution is 2.21. The van der Waals surface area contributed by atoms with Crippen LogP contribution in [0.25, 0.3) is 5.82 Å². The number of hydrogen-bond donors (Lipinski definition) is 1. The van der Waals surface area contributed by atoms with Crippen molar-refractivity contribution in [3.05, 3.63) is 30.6 Å². The van der Waals surface area contributed by atoms with E-state index in [0.29, 0.717) is 18.2 Å². The van der Waals surface area contributed by atoms with E-state index in [1.54, 1.807) is 17.1 Å². The molecule has 3 rings (SSSR count). The third-order valence-electron chi connectivity index (χ3n) is 3.47. The van der Waals surface area contributed by atoms with Crippen LogP contribution in [0.15, 0.2) is 30.6 Å². The summed E-state index contributed by atoms with van der Waals surface area (Å²) in [4.78, 5) is 13.0. The zero-order valence-electron chi connectivity index (χ0n) is 10.9. The molecule has 0 amide bonds. The average molecular weight is 273 g/mol. The molecule has 7 heteroatoms. The van der Waals surface area contributed by atoms with Crippen molar-refractivity contribution in [3.63, 3.8) is 0 Å². The molecule has 2 aromatic rings. The first kappa shape index (κ1) is 12.6. The van der Waals surface area contributed by atoms with Crippen molar-refractivity contribution in [2.24, 2.45) is 5.92 Å². The fourth-order valence-corrected chi connectivity index (χ4v) is 2.40. The Morgan fingerprint density at radius 1 is 1.30 bits per heavy atom. The van der Waals surface area contributed by atoms with Crippen LogP contribution in [0.3, 0.4) is 0 Å². The van der Waals surface area contributed by atoms with Gasteiger partial charge in [-0.25, -0.2) is 4.68 Å². The minimum absolute atomic E-state index is 0.323. The molecule has 0 saturated carbocycles. The van der Waals surface area contributed by atoms with Gasteiger partial charge in [-0.05, 0) is 31.0 Å². The predicted octanol–water partition coefficient (Wildman–Crippen LogP) is 0.963. The van der Waals surface area contributed by atoms with Gasteiger partial charge in [0.15, 0.2) is 11.6 Å². The number of carboxylic acids is 1. The third kappa shape index (κ3) is 2.47. The van der Waals surface area contributed by atoms with Crippen LogP contribution in [0.2, 0.25) is 0 Å².